The maximum absolute atomic E-state index is 13.4. The Morgan fingerprint density at radius 3 is 2.35 bits per heavy atom. The molecule has 120 valence electrons. The van der Waals surface area contributed by atoms with E-state index in [1.165, 1.54) is 0 Å². The fourth-order valence-corrected chi connectivity index (χ4v) is 1.73. The van der Waals surface area contributed by atoms with Crippen molar-refractivity contribution in [1.29, 1.82) is 0 Å². The molecule has 8 heteroatoms. The van der Waals surface area contributed by atoms with Crippen LogP contribution in [0.5, 0.6) is 0 Å². The zero-order chi connectivity index (χ0) is 16.8. The van der Waals surface area contributed by atoms with Crippen LogP contribution in [0.2, 0.25) is 0 Å². The summed E-state index contributed by atoms with van der Waals surface area (Å²) in [7, 11) is 0. The molecule has 2 N–H and O–H groups in total. The topological polar surface area (TPSA) is 71.1 Å². The number of carbonyl (C=O) groups is 2. The highest BCUT2D eigenvalue weighted by Gasteiger charge is 2.16. The Balaban J connectivity index is 1.87. The van der Waals surface area contributed by atoms with Crippen LogP contribution in [-0.4, -0.2) is 16.8 Å². The second kappa shape index (κ2) is 7.39. The minimum Gasteiger partial charge on any atom is -0.352 e. The Morgan fingerprint density at radius 1 is 0.957 bits per heavy atom. The molecule has 0 saturated heterocycles. The zero-order valence-electron chi connectivity index (χ0n) is 11.8. The predicted octanol–water partition coefficient (Wildman–Crippen LogP) is 2.14. The Hall–Kier alpha value is -2.90. The SMILES string of the molecule is O=C(CC(=O)Nc1ccc(F)c(F)c1F)NCc1ccncc1. The van der Waals surface area contributed by atoms with Gasteiger partial charge in [0.1, 0.15) is 6.42 Å². The molecule has 0 fully saturated rings. The number of benzene rings is 1. The van der Waals surface area contributed by atoms with Crippen molar-refractivity contribution in [1.82, 2.24) is 10.3 Å². The van der Waals surface area contributed by atoms with Crippen molar-refractivity contribution in [2.24, 2.45) is 0 Å². The number of anilines is 1. The maximum atomic E-state index is 13.4. The summed E-state index contributed by atoms with van der Waals surface area (Å²) in [6, 6.07) is 4.94. The summed E-state index contributed by atoms with van der Waals surface area (Å²) in [5, 5.41) is 4.51. The van der Waals surface area contributed by atoms with E-state index in [9.17, 15) is 22.8 Å². The first kappa shape index (κ1) is 16.5. The number of aromatic nitrogens is 1. The number of hydrogen-bond acceptors (Lipinski definition) is 3. The third kappa shape index (κ3) is 4.53. The lowest BCUT2D eigenvalue weighted by Crippen LogP contribution is -2.28. The van der Waals surface area contributed by atoms with Gasteiger partial charge >= 0.3 is 0 Å². The summed E-state index contributed by atoms with van der Waals surface area (Å²) in [5.74, 6) is -6.01. The molecule has 2 aromatic rings. The van der Waals surface area contributed by atoms with E-state index in [1.807, 2.05) is 5.32 Å². The van der Waals surface area contributed by atoms with E-state index in [-0.39, 0.29) is 6.54 Å². The van der Waals surface area contributed by atoms with Gasteiger partial charge in [0.25, 0.3) is 0 Å². The van der Waals surface area contributed by atoms with Gasteiger partial charge in [-0.1, -0.05) is 0 Å². The van der Waals surface area contributed by atoms with Gasteiger partial charge in [-0.05, 0) is 29.8 Å². The van der Waals surface area contributed by atoms with E-state index in [0.29, 0.717) is 6.07 Å². The maximum Gasteiger partial charge on any atom is 0.233 e. The van der Waals surface area contributed by atoms with Crippen LogP contribution in [-0.2, 0) is 16.1 Å². The lowest BCUT2D eigenvalue weighted by molar-refractivity contribution is -0.126. The molecule has 0 aliphatic heterocycles. The van der Waals surface area contributed by atoms with Crippen LogP contribution in [0, 0.1) is 17.5 Å². The number of carbonyl (C=O) groups excluding carboxylic acids is 2. The molecule has 0 unspecified atom stereocenters. The number of amides is 2. The number of nitrogens with one attached hydrogen (secondary N) is 2. The van der Waals surface area contributed by atoms with E-state index in [4.69, 9.17) is 0 Å². The van der Waals surface area contributed by atoms with Gasteiger partial charge in [0.05, 0.1) is 5.69 Å². The van der Waals surface area contributed by atoms with Gasteiger partial charge in [0.2, 0.25) is 11.8 Å². The lowest BCUT2D eigenvalue weighted by atomic mass is 10.2. The van der Waals surface area contributed by atoms with E-state index in [1.54, 1.807) is 24.5 Å². The van der Waals surface area contributed by atoms with Crippen molar-refractivity contribution in [3.05, 3.63) is 59.7 Å². The third-order valence-electron chi connectivity index (χ3n) is 2.87. The van der Waals surface area contributed by atoms with Gasteiger partial charge in [0.15, 0.2) is 17.5 Å². The molecular weight excluding hydrogens is 311 g/mol. The number of rotatable bonds is 5. The molecule has 0 aliphatic rings. The molecule has 5 nitrogen and oxygen atoms in total. The summed E-state index contributed by atoms with van der Waals surface area (Å²) in [5.41, 5.74) is 0.260. The van der Waals surface area contributed by atoms with E-state index >= 15 is 0 Å². The van der Waals surface area contributed by atoms with E-state index in [2.05, 4.69) is 10.3 Å². The van der Waals surface area contributed by atoms with Crippen LogP contribution in [0.4, 0.5) is 18.9 Å². The van der Waals surface area contributed by atoms with Gasteiger partial charge in [0, 0.05) is 18.9 Å². The minimum absolute atomic E-state index is 0.203. The number of halogens is 3. The Bertz CT molecular complexity index is 723. The van der Waals surface area contributed by atoms with Crippen molar-refractivity contribution in [2.45, 2.75) is 13.0 Å². The highest BCUT2D eigenvalue weighted by atomic mass is 19.2. The fourth-order valence-electron chi connectivity index (χ4n) is 1.73. The molecule has 2 amide bonds. The molecule has 0 atom stereocenters. The Morgan fingerprint density at radius 2 is 1.65 bits per heavy atom. The molecule has 1 aromatic heterocycles. The van der Waals surface area contributed by atoms with Gasteiger partial charge < -0.3 is 10.6 Å². The highest BCUT2D eigenvalue weighted by molar-refractivity contribution is 6.03. The normalized spacial score (nSPS) is 10.2. The van der Waals surface area contributed by atoms with Gasteiger partial charge in [-0.3, -0.25) is 14.6 Å². The predicted molar refractivity (Wildman–Crippen MR) is 75.6 cm³/mol. The second-order valence-electron chi connectivity index (χ2n) is 4.58. The molecule has 0 aliphatic carbocycles. The highest BCUT2D eigenvalue weighted by Crippen LogP contribution is 2.19. The second-order valence-corrected chi connectivity index (χ2v) is 4.58. The molecular formula is C15H12F3N3O2. The smallest absolute Gasteiger partial charge is 0.233 e. The van der Waals surface area contributed by atoms with Crippen LogP contribution in [0.3, 0.4) is 0 Å². The quantitative estimate of drug-likeness (QED) is 0.654. The molecule has 0 radical (unpaired) electrons. The lowest BCUT2D eigenvalue weighted by Gasteiger charge is -2.08. The fraction of sp³-hybridized carbons (Fsp3) is 0.133. The Kier molecular flexibility index (Phi) is 5.29. The van der Waals surface area contributed by atoms with Crippen molar-refractivity contribution in [3.63, 3.8) is 0 Å². The van der Waals surface area contributed by atoms with Crippen LogP contribution < -0.4 is 10.6 Å². The summed E-state index contributed by atoms with van der Waals surface area (Å²) < 4.78 is 39.2. The van der Waals surface area contributed by atoms with Crippen LogP contribution in [0.25, 0.3) is 0 Å². The standard InChI is InChI=1S/C15H12F3N3O2/c16-10-1-2-11(15(18)14(10)17)21-13(23)7-12(22)20-8-9-3-5-19-6-4-9/h1-6H,7-8H2,(H,20,22)(H,21,23). The largest absolute Gasteiger partial charge is 0.352 e. The van der Waals surface area contributed by atoms with Crippen LogP contribution >= 0.6 is 0 Å². The molecule has 0 spiro atoms. The number of hydrogen-bond donors (Lipinski definition) is 2. The number of pyridine rings is 1. The summed E-state index contributed by atoms with van der Waals surface area (Å²) in [6.45, 7) is 0.203. The van der Waals surface area contributed by atoms with Crippen molar-refractivity contribution in [2.75, 3.05) is 5.32 Å². The first-order chi connectivity index (χ1) is 11.0. The third-order valence-corrected chi connectivity index (χ3v) is 2.87. The summed E-state index contributed by atoms with van der Waals surface area (Å²) >= 11 is 0. The number of nitrogens with zero attached hydrogens (tertiary/aromatic N) is 1. The van der Waals surface area contributed by atoms with Crippen LogP contribution in [0.1, 0.15) is 12.0 Å². The molecule has 1 heterocycles. The minimum atomic E-state index is -1.69. The van der Waals surface area contributed by atoms with Gasteiger partial charge in [-0.2, -0.15) is 0 Å². The summed E-state index contributed by atoms with van der Waals surface area (Å²) in [6.07, 6.45) is 2.53. The molecule has 23 heavy (non-hydrogen) atoms. The van der Waals surface area contributed by atoms with E-state index in [0.717, 1.165) is 11.6 Å². The van der Waals surface area contributed by atoms with Crippen molar-refractivity contribution < 1.29 is 22.8 Å². The first-order valence-electron chi connectivity index (χ1n) is 6.56. The summed E-state index contributed by atoms with van der Waals surface area (Å²) in [4.78, 5) is 27.0. The van der Waals surface area contributed by atoms with Crippen LogP contribution in [0.15, 0.2) is 36.7 Å². The zero-order valence-corrected chi connectivity index (χ0v) is 11.8. The molecule has 2 rings (SSSR count). The van der Waals surface area contributed by atoms with Crippen molar-refractivity contribution in [3.8, 4) is 0 Å². The van der Waals surface area contributed by atoms with Gasteiger partial charge in [-0.15, -0.1) is 0 Å². The van der Waals surface area contributed by atoms with Gasteiger partial charge in [-0.25, -0.2) is 13.2 Å². The first-order valence-corrected chi connectivity index (χ1v) is 6.56. The monoisotopic (exact) mass is 323 g/mol. The molecule has 0 saturated carbocycles. The molecule has 0 bridgehead atoms. The molecule has 1 aromatic carbocycles. The average molecular weight is 323 g/mol. The van der Waals surface area contributed by atoms with E-state index < -0.39 is 41.4 Å². The Labute approximate surface area is 129 Å². The van der Waals surface area contributed by atoms with Crippen molar-refractivity contribution >= 4 is 17.5 Å². The average Bonchev–Trinajstić information content (AvgIpc) is 2.54.